The molecule has 0 saturated carbocycles. The molecule has 4 heteroatoms. The van der Waals surface area contributed by atoms with E-state index in [1.807, 2.05) is 12.1 Å². The van der Waals surface area contributed by atoms with Gasteiger partial charge in [0.1, 0.15) is 0 Å². The number of halogens is 1. The summed E-state index contributed by atoms with van der Waals surface area (Å²) < 4.78 is 4.31. The summed E-state index contributed by atoms with van der Waals surface area (Å²) in [6.45, 7) is 0.582. The van der Waals surface area contributed by atoms with Crippen LogP contribution in [0.25, 0.3) is 16.6 Å². The van der Waals surface area contributed by atoms with Crippen LogP contribution >= 0.6 is 11.6 Å². The molecule has 0 aliphatic carbocycles. The summed E-state index contributed by atoms with van der Waals surface area (Å²) in [5.74, 6) is 0. The highest BCUT2D eigenvalue weighted by Crippen LogP contribution is 2.30. The first-order chi connectivity index (χ1) is 12.2. The number of fused-ring (bicyclic) bond motifs is 4. The minimum absolute atomic E-state index is 0.582. The molecule has 0 amide bonds. The predicted molar refractivity (Wildman–Crippen MR) is 103 cm³/mol. The van der Waals surface area contributed by atoms with E-state index in [-0.39, 0.29) is 0 Å². The van der Waals surface area contributed by atoms with Gasteiger partial charge in [-0.3, -0.25) is 4.99 Å². The SMILES string of the molecule is Cn1ccc2cc(C3=NCc4c(Cl)cccc4-n4cccc43)ccc21. The number of nitrogens with zero attached hydrogens (tertiary/aromatic N) is 3. The Kier molecular flexibility index (Phi) is 3.12. The van der Waals surface area contributed by atoms with Crippen molar-refractivity contribution in [2.45, 2.75) is 6.54 Å². The zero-order chi connectivity index (χ0) is 17.0. The molecule has 122 valence electrons. The Morgan fingerprint density at radius 3 is 2.84 bits per heavy atom. The highest BCUT2D eigenvalue weighted by molar-refractivity contribution is 6.31. The minimum atomic E-state index is 0.582. The van der Waals surface area contributed by atoms with E-state index < -0.39 is 0 Å². The molecule has 0 N–H and O–H groups in total. The lowest BCUT2D eigenvalue weighted by Crippen LogP contribution is -2.08. The molecule has 0 bridgehead atoms. The van der Waals surface area contributed by atoms with Gasteiger partial charge >= 0.3 is 0 Å². The Labute approximate surface area is 150 Å². The Hall–Kier alpha value is -2.78. The van der Waals surface area contributed by atoms with Crippen molar-refractivity contribution < 1.29 is 0 Å². The average molecular weight is 346 g/mol. The predicted octanol–water partition coefficient (Wildman–Crippen LogP) is 4.97. The smallest absolute Gasteiger partial charge is 0.0891 e. The van der Waals surface area contributed by atoms with E-state index in [2.05, 4.69) is 71.0 Å². The van der Waals surface area contributed by atoms with Gasteiger partial charge in [0.05, 0.1) is 23.6 Å². The van der Waals surface area contributed by atoms with E-state index >= 15 is 0 Å². The zero-order valence-electron chi connectivity index (χ0n) is 13.8. The van der Waals surface area contributed by atoms with E-state index in [9.17, 15) is 0 Å². The number of benzene rings is 2. The third-order valence-electron chi connectivity index (χ3n) is 4.90. The summed E-state index contributed by atoms with van der Waals surface area (Å²) in [4.78, 5) is 4.93. The molecule has 3 nitrogen and oxygen atoms in total. The van der Waals surface area contributed by atoms with Gasteiger partial charge in [-0.05, 0) is 42.5 Å². The molecule has 0 spiro atoms. The topological polar surface area (TPSA) is 22.2 Å². The van der Waals surface area contributed by atoms with Gasteiger partial charge in [-0.2, -0.15) is 0 Å². The zero-order valence-corrected chi connectivity index (χ0v) is 14.5. The Bertz CT molecular complexity index is 1150. The molecule has 25 heavy (non-hydrogen) atoms. The second-order valence-electron chi connectivity index (χ2n) is 6.37. The monoisotopic (exact) mass is 345 g/mol. The van der Waals surface area contributed by atoms with Crippen molar-refractivity contribution in [3.05, 3.63) is 88.8 Å². The molecule has 1 aliphatic rings. The van der Waals surface area contributed by atoms with Gasteiger partial charge in [-0.25, -0.2) is 0 Å². The number of hydrogen-bond acceptors (Lipinski definition) is 1. The maximum atomic E-state index is 6.44. The first-order valence-corrected chi connectivity index (χ1v) is 8.65. The van der Waals surface area contributed by atoms with Crippen LogP contribution in [-0.4, -0.2) is 14.8 Å². The van der Waals surface area contributed by atoms with Gasteiger partial charge in [-0.1, -0.05) is 23.7 Å². The van der Waals surface area contributed by atoms with Crippen molar-refractivity contribution in [3.63, 3.8) is 0 Å². The third-order valence-corrected chi connectivity index (χ3v) is 5.25. The van der Waals surface area contributed by atoms with E-state index in [4.69, 9.17) is 16.6 Å². The van der Waals surface area contributed by atoms with Crippen molar-refractivity contribution in [2.24, 2.45) is 12.0 Å². The van der Waals surface area contributed by atoms with E-state index in [0.717, 1.165) is 33.2 Å². The standard InChI is InChI=1S/C21H16ClN3/c1-24-11-9-14-12-15(7-8-18(14)24)21-20-6-3-10-25(20)19-5-2-4-17(22)16(19)13-23-21/h2-12H,13H2,1H3. The number of aliphatic imine (C=N–C) groups is 1. The quantitative estimate of drug-likeness (QED) is 0.464. The Morgan fingerprint density at radius 1 is 1.00 bits per heavy atom. The molecule has 2 aromatic heterocycles. The van der Waals surface area contributed by atoms with Crippen LogP contribution in [0.1, 0.15) is 16.8 Å². The molecule has 0 saturated heterocycles. The van der Waals surface area contributed by atoms with Crippen molar-refractivity contribution in [1.82, 2.24) is 9.13 Å². The van der Waals surface area contributed by atoms with E-state index in [1.54, 1.807) is 0 Å². The number of hydrogen-bond donors (Lipinski definition) is 0. The van der Waals surface area contributed by atoms with Gasteiger partial charge in [0.2, 0.25) is 0 Å². The van der Waals surface area contributed by atoms with Gasteiger partial charge in [0, 0.05) is 46.5 Å². The van der Waals surface area contributed by atoms with Gasteiger partial charge < -0.3 is 9.13 Å². The van der Waals surface area contributed by atoms with Crippen molar-refractivity contribution in [3.8, 4) is 5.69 Å². The highest BCUT2D eigenvalue weighted by Gasteiger charge is 2.19. The normalized spacial score (nSPS) is 13.3. The maximum Gasteiger partial charge on any atom is 0.0891 e. The lowest BCUT2D eigenvalue weighted by Gasteiger charge is -2.11. The maximum absolute atomic E-state index is 6.44. The average Bonchev–Trinajstić information content (AvgIpc) is 3.20. The summed E-state index contributed by atoms with van der Waals surface area (Å²) in [6, 6.07) is 18.9. The first kappa shape index (κ1) is 14.6. The molecule has 1 aliphatic heterocycles. The fourth-order valence-electron chi connectivity index (χ4n) is 3.62. The molecule has 0 atom stereocenters. The summed E-state index contributed by atoms with van der Waals surface area (Å²) in [7, 11) is 2.06. The molecule has 0 radical (unpaired) electrons. The second-order valence-corrected chi connectivity index (χ2v) is 6.77. The fourth-order valence-corrected chi connectivity index (χ4v) is 3.85. The third kappa shape index (κ3) is 2.16. The molecule has 3 heterocycles. The molecule has 0 unspecified atom stereocenters. The second kappa shape index (κ2) is 5.36. The van der Waals surface area contributed by atoms with E-state index in [1.165, 1.54) is 10.9 Å². The Morgan fingerprint density at radius 2 is 1.92 bits per heavy atom. The lowest BCUT2D eigenvalue weighted by atomic mass is 10.1. The number of aryl methyl sites for hydroxylation is 1. The molecular weight excluding hydrogens is 330 g/mol. The van der Waals surface area contributed by atoms with Gasteiger partial charge in [0.25, 0.3) is 0 Å². The molecule has 4 aromatic rings. The highest BCUT2D eigenvalue weighted by atomic mass is 35.5. The molecular formula is C21H16ClN3. The largest absolute Gasteiger partial charge is 0.351 e. The van der Waals surface area contributed by atoms with Crippen LogP contribution < -0.4 is 0 Å². The van der Waals surface area contributed by atoms with Crippen LogP contribution in [0.15, 0.2) is 72.0 Å². The molecule has 2 aromatic carbocycles. The fraction of sp³-hybridized carbons (Fsp3) is 0.0952. The van der Waals surface area contributed by atoms with Crippen molar-refractivity contribution in [1.29, 1.82) is 0 Å². The van der Waals surface area contributed by atoms with Crippen LogP contribution in [0, 0.1) is 0 Å². The summed E-state index contributed by atoms with van der Waals surface area (Å²) in [6.07, 6.45) is 4.16. The van der Waals surface area contributed by atoms with Gasteiger partial charge in [-0.15, -0.1) is 0 Å². The minimum Gasteiger partial charge on any atom is -0.351 e. The van der Waals surface area contributed by atoms with Crippen molar-refractivity contribution >= 4 is 28.2 Å². The molecule has 5 rings (SSSR count). The van der Waals surface area contributed by atoms with E-state index in [0.29, 0.717) is 6.54 Å². The van der Waals surface area contributed by atoms with Gasteiger partial charge in [0.15, 0.2) is 0 Å². The van der Waals surface area contributed by atoms with Crippen LogP contribution in [0.4, 0.5) is 0 Å². The molecule has 0 fully saturated rings. The number of aromatic nitrogens is 2. The van der Waals surface area contributed by atoms with Crippen molar-refractivity contribution in [2.75, 3.05) is 0 Å². The van der Waals surface area contributed by atoms with Crippen LogP contribution in [0.3, 0.4) is 0 Å². The lowest BCUT2D eigenvalue weighted by molar-refractivity contribution is 0.969. The first-order valence-electron chi connectivity index (χ1n) is 8.28. The Balaban J connectivity index is 1.73. The van der Waals surface area contributed by atoms with Crippen LogP contribution in [-0.2, 0) is 13.6 Å². The number of rotatable bonds is 1. The summed E-state index contributed by atoms with van der Waals surface area (Å²) in [5.41, 5.74) is 6.62. The van der Waals surface area contributed by atoms with Crippen LogP contribution in [0.5, 0.6) is 0 Å². The summed E-state index contributed by atoms with van der Waals surface area (Å²) in [5, 5.41) is 1.99. The summed E-state index contributed by atoms with van der Waals surface area (Å²) >= 11 is 6.44. The van der Waals surface area contributed by atoms with Crippen LogP contribution in [0.2, 0.25) is 5.02 Å².